The Hall–Kier alpha value is -1.54. The minimum Gasteiger partial charge on any atom is -0.479 e. The van der Waals surface area contributed by atoms with Gasteiger partial charge in [-0.15, -0.1) is 5.10 Å². The maximum atomic E-state index is 12.2. The minimum absolute atomic E-state index is 0.0514. The second kappa shape index (κ2) is 4.99. The van der Waals surface area contributed by atoms with Gasteiger partial charge in [-0.2, -0.15) is 0 Å². The lowest BCUT2D eigenvalue weighted by atomic mass is 10.2. The van der Waals surface area contributed by atoms with E-state index in [4.69, 9.17) is 9.84 Å². The van der Waals surface area contributed by atoms with Crippen molar-refractivity contribution in [3.63, 3.8) is 0 Å². The highest BCUT2D eigenvalue weighted by Crippen LogP contribution is 2.18. The third-order valence-electron chi connectivity index (χ3n) is 2.67. The summed E-state index contributed by atoms with van der Waals surface area (Å²) in [7, 11) is 0. The molecule has 1 aliphatic heterocycles. The highest BCUT2D eigenvalue weighted by atomic mass is 32.1. The average Bonchev–Trinajstić information content (AvgIpc) is 2.73. The van der Waals surface area contributed by atoms with Gasteiger partial charge in [0.05, 0.1) is 18.3 Å². The molecule has 0 radical (unpaired) electrons. The van der Waals surface area contributed by atoms with Crippen molar-refractivity contribution in [1.82, 2.24) is 14.5 Å². The van der Waals surface area contributed by atoms with Gasteiger partial charge in [0.15, 0.2) is 6.10 Å². The third kappa shape index (κ3) is 2.49. The van der Waals surface area contributed by atoms with E-state index in [0.717, 1.165) is 11.5 Å². The molecule has 8 heteroatoms. The maximum absolute atomic E-state index is 12.2. The summed E-state index contributed by atoms with van der Waals surface area (Å²) in [6.07, 6.45) is -1.27. The van der Waals surface area contributed by atoms with Crippen LogP contribution in [0.15, 0.2) is 0 Å². The molecule has 98 valence electrons. The summed E-state index contributed by atoms with van der Waals surface area (Å²) in [5, 5.41) is 12.7. The number of carboxylic acids is 1. The van der Waals surface area contributed by atoms with Crippen molar-refractivity contribution >= 4 is 23.4 Å². The molecule has 1 aliphatic rings. The second-order valence-electron chi connectivity index (χ2n) is 4.17. The van der Waals surface area contributed by atoms with Crippen LogP contribution < -0.4 is 0 Å². The van der Waals surface area contributed by atoms with Crippen molar-refractivity contribution in [2.45, 2.75) is 26.1 Å². The number of aliphatic carboxylic acids is 1. The van der Waals surface area contributed by atoms with Gasteiger partial charge in [-0.05, 0) is 25.4 Å². The fourth-order valence-corrected chi connectivity index (χ4v) is 2.45. The number of amides is 1. The molecule has 2 atom stereocenters. The quantitative estimate of drug-likeness (QED) is 0.823. The van der Waals surface area contributed by atoms with Crippen LogP contribution >= 0.6 is 11.5 Å². The number of nitrogens with zero attached hydrogens (tertiary/aromatic N) is 3. The summed E-state index contributed by atoms with van der Waals surface area (Å²) in [5.41, 5.74) is 0.566. The van der Waals surface area contributed by atoms with Crippen LogP contribution in [-0.4, -0.2) is 56.8 Å². The molecule has 2 heterocycles. The van der Waals surface area contributed by atoms with E-state index in [2.05, 4.69) is 9.59 Å². The van der Waals surface area contributed by atoms with Crippen LogP contribution in [0.1, 0.15) is 22.3 Å². The molecular formula is C10H13N3O4S. The maximum Gasteiger partial charge on any atom is 0.334 e. The molecule has 1 fully saturated rings. The van der Waals surface area contributed by atoms with Crippen molar-refractivity contribution in [3.05, 3.63) is 10.6 Å². The van der Waals surface area contributed by atoms with E-state index in [9.17, 15) is 9.59 Å². The summed E-state index contributed by atoms with van der Waals surface area (Å²) < 4.78 is 8.96. The summed E-state index contributed by atoms with van der Waals surface area (Å²) in [5.74, 6) is -1.29. The first-order valence-electron chi connectivity index (χ1n) is 5.45. The molecule has 1 aromatic rings. The Balaban J connectivity index is 2.15. The van der Waals surface area contributed by atoms with Crippen molar-refractivity contribution in [2.75, 3.05) is 13.1 Å². The molecule has 7 nitrogen and oxygen atoms in total. The molecule has 1 aromatic heterocycles. The zero-order chi connectivity index (χ0) is 13.3. The first-order chi connectivity index (χ1) is 8.49. The number of hydrogen-bond donors (Lipinski definition) is 1. The smallest absolute Gasteiger partial charge is 0.334 e. The van der Waals surface area contributed by atoms with E-state index in [1.807, 2.05) is 0 Å². The number of carbonyl (C=O) groups excluding carboxylic acids is 1. The molecule has 1 saturated heterocycles. The topological polar surface area (TPSA) is 92.6 Å². The van der Waals surface area contributed by atoms with Crippen LogP contribution in [0.25, 0.3) is 0 Å². The number of aromatic nitrogens is 2. The van der Waals surface area contributed by atoms with E-state index in [1.54, 1.807) is 13.8 Å². The number of carboxylic acid groups (broad SMARTS) is 1. The molecule has 0 bridgehead atoms. The van der Waals surface area contributed by atoms with E-state index in [1.165, 1.54) is 4.90 Å². The molecule has 1 N–H and O–H groups in total. The van der Waals surface area contributed by atoms with Crippen LogP contribution in [0.2, 0.25) is 0 Å². The molecular weight excluding hydrogens is 258 g/mol. The normalized spacial score (nSPS) is 24.0. The zero-order valence-electron chi connectivity index (χ0n) is 9.99. The third-order valence-corrected chi connectivity index (χ3v) is 3.48. The van der Waals surface area contributed by atoms with Crippen LogP contribution in [0.4, 0.5) is 0 Å². The van der Waals surface area contributed by atoms with Gasteiger partial charge in [0.2, 0.25) is 0 Å². The van der Waals surface area contributed by atoms with Crippen molar-refractivity contribution in [1.29, 1.82) is 0 Å². The lowest BCUT2D eigenvalue weighted by molar-refractivity contribution is -0.160. The molecule has 18 heavy (non-hydrogen) atoms. The number of rotatable bonds is 2. The van der Waals surface area contributed by atoms with E-state index >= 15 is 0 Å². The number of ether oxygens (including phenoxy) is 1. The molecule has 0 saturated carbocycles. The lowest BCUT2D eigenvalue weighted by Gasteiger charge is -2.34. The molecule has 2 rings (SSSR count). The molecule has 1 unspecified atom stereocenters. The highest BCUT2D eigenvalue weighted by Gasteiger charge is 2.34. The van der Waals surface area contributed by atoms with Gasteiger partial charge in [-0.1, -0.05) is 4.49 Å². The number of hydrogen-bond acceptors (Lipinski definition) is 6. The Morgan fingerprint density at radius 3 is 2.78 bits per heavy atom. The Morgan fingerprint density at radius 1 is 1.50 bits per heavy atom. The zero-order valence-corrected chi connectivity index (χ0v) is 10.8. The van der Waals surface area contributed by atoms with Crippen molar-refractivity contribution in [3.8, 4) is 0 Å². The van der Waals surface area contributed by atoms with E-state index in [0.29, 0.717) is 17.1 Å². The summed E-state index contributed by atoms with van der Waals surface area (Å²) >= 11 is 1.02. The fraction of sp³-hybridized carbons (Fsp3) is 0.600. The van der Waals surface area contributed by atoms with Crippen molar-refractivity contribution in [2.24, 2.45) is 0 Å². The van der Waals surface area contributed by atoms with Gasteiger partial charge >= 0.3 is 5.97 Å². The summed E-state index contributed by atoms with van der Waals surface area (Å²) in [4.78, 5) is 25.1. The predicted molar refractivity (Wildman–Crippen MR) is 62.5 cm³/mol. The molecule has 0 aliphatic carbocycles. The largest absolute Gasteiger partial charge is 0.479 e. The van der Waals surface area contributed by atoms with Gasteiger partial charge in [0.1, 0.15) is 4.88 Å². The Bertz CT molecular complexity index is 475. The van der Waals surface area contributed by atoms with E-state index in [-0.39, 0.29) is 18.6 Å². The molecule has 0 aromatic carbocycles. The summed E-state index contributed by atoms with van der Waals surface area (Å²) in [6.45, 7) is 3.87. The van der Waals surface area contributed by atoms with Gasteiger partial charge < -0.3 is 14.7 Å². The van der Waals surface area contributed by atoms with Crippen LogP contribution in [0, 0.1) is 6.92 Å². The van der Waals surface area contributed by atoms with Gasteiger partial charge in [-0.25, -0.2) is 4.79 Å². The Morgan fingerprint density at radius 2 is 2.22 bits per heavy atom. The molecule has 1 amide bonds. The van der Waals surface area contributed by atoms with Crippen LogP contribution in [-0.2, 0) is 9.53 Å². The monoisotopic (exact) mass is 271 g/mol. The van der Waals surface area contributed by atoms with E-state index < -0.39 is 12.1 Å². The summed E-state index contributed by atoms with van der Waals surface area (Å²) in [6, 6.07) is 0. The predicted octanol–water partition coefficient (Wildman–Crippen LogP) is 0.161. The SMILES string of the molecule is Cc1nnsc1C(=O)N1CC(C(=O)O)O[C@H](C)C1. The Kier molecular flexibility index (Phi) is 3.58. The number of carbonyl (C=O) groups is 2. The number of morpholine rings is 1. The standard InChI is InChI=1S/C10H13N3O4S/c1-5-3-13(4-7(17-5)10(15)16)9(14)8-6(2)11-12-18-8/h5,7H,3-4H2,1-2H3,(H,15,16)/t5-,7?/m1/s1. The fourth-order valence-electron chi connectivity index (χ4n) is 1.83. The van der Waals surface area contributed by atoms with Crippen molar-refractivity contribution < 1.29 is 19.4 Å². The van der Waals surface area contributed by atoms with Gasteiger partial charge in [0.25, 0.3) is 5.91 Å². The first-order valence-corrected chi connectivity index (χ1v) is 6.23. The van der Waals surface area contributed by atoms with Gasteiger partial charge in [0, 0.05) is 6.54 Å². The highest BCUT2D eigenvalue weighted by molar-refractivity contribution is 7.07. The Labute approximate surface area is 108 Å². The van der Waals surface area contributed by atoms with Crippen LogP contribution in [0.3, 0.4) is 0 Å². The number of aryl methyl sites for hydroxylation is 1. The minimum atomic E-state index is -1.06. The van der Waals surface area contributed by atoms with Gasteiger partial charge in [-0.3, -0.25) is 4.79 Å². The molecule has 0 spiro atoms. The second-order valence-corrected chi connectivity index (χ2v) is 4.93. The lowest BCUT2D eigenvalue weighted by Crippen LogP contribution is -2.51. The van der Waals surface area contributed by atoms with Crippen LogP contribution in [0.5, 0.6) is 0 Å². The first kappa shape index (κ1) is 12.9. The average molecular weight is 271 g/mol.